The fourth-order valence-electron chi connectivity index (χ4n) is 3.01. The number of hydrogen-bond donors (Lipinski definition) is 1. The minimum absolute atomic E-state index is 0.180. The molecule has 0 aliphatic carbocycles. The van der Waals surface area contributed by atoms with Gasteiger partial charge < -0.3 is 15.0 Å². The fraction of sp³-hybridized carbons (Fsp3) is 0.933. The number of piperidine rings is 1. The maximum atomic E-state index is 12.4. The molecule has 0 aromatic rings. The van der Waals surface area contributed by atoms with Gasteiger partial charge in [0, 0.05) is 19.6 Å². The second kappa shape index (κ2) is 7.25. The lowest BCUT2D eigenvalue weighted by atomic mass is 9.97. The molecular weight excluding hydrogens is 240 g/mol. The molecule has 0 saturated carbocycles. The number of nitrogens with zero attached hydrogens (tertiary/aromatic N) is 1. The number of carbonyl (C=O) groups is 1. The second-order valence-electron chi connectivity index (χ2n) is 6.03. The van der Waals surface area contributed by atoms with Crippen molar-refractivity contribution in [3.8, 4) is 0 Å². The molecule has 0 aromatic heterocycles. The van der Waals surface area contributed by atoms with Gasteiger partial charge in [-0.3, -0.25) is 4.79 Å². The van der Waals surface area contributed by atoms with Crippen molar-refractivity contribution in [1.29, 1.82) is 0 Å². The monoisotopic (exact) mass is 268 g/mol. The maximum absolute atomic E-state index is 12.4. The number of likely N-dealkylation sites (tertiary alicyclic amines) is 1. The highest BCUT2D eigenvalue weighted by Crippen LogP contribution is 2.18. The molecule has 2 heterocycles. The summed E-state index contributed by atoms with van der Waals surface area (Å²) >= 11 is 0. The van der Waals surface area contributed by atoms with Gasteiger partial charge in [-0.15, -0.1) is 0 Å². The van der Waals surface area contributed by atoms with Crippen molar-refractivity contribution in [2.45, 2.75) is 58.2 Å². The van der Waals surface area contributed by atoms with Gasteiger partial charge in [0.05, 0.1) is 6.10 Å². The van der Waals surface area contributed by atoms with Gasteiger partial charge in [0.1, 0.15) is 6.10 Å². The van der Waals surface area contributed by atoms with Crippen molar-refractivity contribution >= 4 is 5.91 Å². The Hall–Kier alpha value is -0.610. The van der Waals surface area contributed by atoms with Crippen molar-refractivity contribution < 1.29 is 9.53 Å². The smallest absolute Gasteiger partial charge is 0.251 e. The third-order valence-corrected chi connectivity index (χ3v) is 4.40. The van der Waals surface area contributed by atoms with Gasteiger partial charge in [-0.1, -0.05) is 19.8 Å². The Morgan fingerprint density at radius 1 is 1.26 bits per heavy atom. The number of nitrogens with one attached hydrogen (secondary N) is 1. The molecule has 2 fully saturated rings. The Morgan fingerprint density at radius 3 is 2.58 bits per heavy atom. The first-order valence-electron chi connectivity index (χ1n) is 7.83. The van der Waals surface area contributed by atoms with Crippen LogP contribution in [0, 0.1) is 5.92 Å². The van der Waals surface area contributed by atoms with Crippen LogP contribution in [0.1, 0.15) is 46.0 Å². The van der Waals surface area contributed by atoms with Gasteiger partial charge >= 0.3 is 0 Å². The Labute approximate surface area is 116 Å². The highest BCUT2D eigenvalue weighted by atomic mass is 16.5. The van der Waals surface area contributed by atoms with E-state index in [1.807, 2.05) is 11.8 Å². The van der Waals surface area contributed by atoms with E-state index >= 15 is 0 Å². The number of ether oxygens (including phenoxy) is 1. The SMILES string of the molecule is CC(OC1CNCCC1C)C(=O)N1CCCCCC1. The van der Waals surface area contributed by atoms with Gasteiger partial charge in [-0.2, -0.15) is 0 Å². The molecule has 110 valence electrons. The summed E-state index contributed by atoms with van der Waals surface area (Å²) < 4.78 is 6.01. The minimum Gasteiger partial charge on any atom is -0.364 e. The number of amides is 1. The average Bonchev–Trinajstić information content (AvgIpc) is 2.69. The van der Waals surface area contributed by atoms with Crippen LogP contribution < -0.4 is 5.32 Å². The first-order chi connectivity index (χ1) is 9.18. The number of rotatable bonds is 3. The molecule has 0 aromatic carbocycles. The van der Waals surface area contributed by atoms with Gasteiger partial charge in [0.2, 0.25) is 0 Å². The van der Waals surface area contributed by atoms with Crippen molar-refractivity contribution in [2.75, 3.05) is 26.2 Å². The summed E-state index contributed by atoms with van der Waals surface area (Å²) in [6, 6.07) is 0. The quantitative estimate of drug-likeness (QED) is 0.848. The molecule has 1 N–H and O–H groups in total. The molecule has 2 aliphatic rings. The van der Waals surface area contributed by atoms with Crippen LogP contribution in [0.3, 0.4) is 0 Å². The van der Waals surface area contributed by atoms with Gasteiger partial charge in [-0.25, -0.2) is 0 Å². The van der Waals surface area contributed by atoms with Gasteiger partial charge in [0.25, 0.3) is 5.91 Å². The summed E-state index contributed by atoms with van der Waals surface area (Å²) in [6.45, 7) is 7.88. The maximum Gasteiger partial charge on any atom is 0.251 e. The first-order valence-corrected chi connectivity index (χ1v) is 7.83. The summed E-state index contributed by atoms with van der Waals surface area (Å²) in [5, 5.41) is 3.35. The Bertz CT molecular complexity index is 288. The second-order valence-corrected chi connectivity index (χ2v) is 6.03. The van der Waals surface area contributed by atoms with Crippen molar-refractivity contribution in [2.24, 2.45) is 5.92 Å². The van der Waals surface area contributed by atoms with Crippen molar-refractivity contribution in [3.63, 3.8) is 0 Å². The van der Waals surface area contributed by atoms with Crippen LogP contribution in [0.15, 0.2) is 0 Å². The van der Waals surface area contributed by atoms with Crippen LogP contribution in [-0.2, 0) is 9.53 Å². The molecule has 3 atom stereocenters. The molecule has 2 saturated heterocycles. The van der Waals surface area contributed by atoms with E-state index in [1.54, 1.807) is 0 Å². The van der Waals surface area contributed by atoms with E-state index in [9.17, 15) is 4.79 Å². The van der Waals surface area contributed by atoms with Crippen molar-refractivity contribution in [3.05, 3.63) is 0 Å². The number of hydrogen-bond acceptors (Lipinski definition) is 3. The Morgan fingerprint density at radius 2 is 1.95 bits per heavy atom. The summed E-state index contributed by atoms with van der Waals surface area (Å²) in [7, 11) is 0. The highest BCUT2D eigenvalue weighted by molar-refractivity contribution is 5.80. The third kappa shape index (κ3) is 4.18. The molecule has 0 bridgehead atoms. The lowest BCUT2D eigenvalue weighted by molar-refractivity contribution is -0.148. The Kier molecular flexibility index (Phi) is 5.64. The van der Waals surface area contributed by atoms with E-state index in [4.69, 9.17) is 4.74 Å². The first kappa shape index (κ1) is 14.8. The van der Waals surface area contributed by atoms with Crippen molar-refractivity contribution in [1.82, 2.24) is 10.2 Å². The zero-order valence-electron chi connectivity index (χ0n) is 12.4. The molecule has 1 amide bonds. The predicted molar refractivity (Wildman–Crippen MR) is 76.0 cm³/mol. The molecule has 4 nitrogen and oxygen atoms in total. The lowest BCUT2D eigenvalue weighted by Gasteiger charge is -2.33. The zero-order valence-corrected chi connectivity index (χ0v) is 12.4. The third-order valence-electron chi connectivity index (χ3n) is 4.40. The normalized spacial score (nSPS) is 30.7. The summed E-state index contributed by atoms with van der Waals surface area (Å²) in [5.74, 6) is 0.723. The summed E-state index contributed by atoms with van der Waals surface area (Å²) in [4.78, 5) is 14.4. The van der Waals surface area contributed by atoms with E-state index in [-0.39, 0.29) is 18.1 Å². The number of carbonyl (C=O) groups excluding carboxylic acids is 1. The largest absolute Gasteiger partial charge is 0.364 e. The van der Waals surface area contributed by atoms with Crippen LogP contribution in [0.2, 0.25) is 0 Å². The van der Waals surface area contributed by atoms with E-state index in [1.165, 1.54) is 12.8 Å². The molecule has 19 heavy (non-hydrogen) atoms. The van der Waals surface area contributed by atoms with Crippen LogP contribution >= 0.6 is 0 Å². The summed E-state index contributed by atoms with van der Waals surface area (Å²) in [5.41, 5.74) is 0. The van der Waals surface area contributed by atoms with Crippen LogP contribution in [-0.4, -0.2) is 49.2 Å². The topological polar surface area (TPSA) is 41.6 Å². The van der Waals surface area contributed by atoms with Gasteiger partial charge in [0.15, 0.2) is 0 Å². The molecule has 2 rings (SSSR count). The van der Waals surface area contributed by atoms with E-state index in [0.29, 0.717) is 5.92 Å². The Balaban J connectivity index is 1.83. The predicted octanol–water partition coefficient (Wildman–Crippen LogP) is 1.79. The molecular formula is C15H28N2O2. The molecule has 0 spiro atoms. The summed E-state index contributed by atoms with van der Waals surface area (Å²) in [6.07, 6.45) is 5.80. The van der Waals surface area contributed by atoms with Crippen LogP contribution in [0.25, 0.3) is 0 Å². The van der Waals surface area contributed by atoms with E-state index < -0.39 is 0 Å². The van der Waals surface area contributed by atoms with E-state index in [0.717, 1.165) is 45.4 Å². The molecule has 0 radical (unpaired) electrons. The molecule has 4 heteroatoms. The van der Waals surface area contributed by atoms with Gasteiger partial charge in [-0.05, 0) is 38.6 Å². The van der Waals surface area contributed by atoms with E-state index in [2.05, 4.69) is 12.2 Å². The minimum atomic E-state index is -0.301. The highest BCUT2D eigenvalue weighted by Gasteiger charge is 2.28. The van der Waals surface area contributed by atoms with Crippen LogP contribution in [0.4, 0.5) is 0 Å². The van der Waals surface area contributed by atoms with Crippen LogP contribution in [0.5, 0.6) is 0 Å². The zero-order chi connectivity index (χ0) is 13.7. The molecule has 2 aliphatic heterocycles. The average molecular weight is 268 g/mol. The fourth-order valence-corrected chi connectivity index (χ4v) is 3.01. The molecule has 3 unspecified atom stereocenters. The standard InChI is InChI=1S/C15H28N2O2/c1-12-7-8-16-11-14(12)19-13(2)15(18)17-9-5-3-4-6-10-17/h12-14,16H,3-11H2,1-2H3. The lowest BCUT2D eigenvalue weighted by Crippen LogP contribution is -2.46.